The van der Waals surface area contributed by atoms with Gasteiger partial charge in [-0.15, -0.1) is 0 Å². The molecule has 0 unspecified atom stereocenters. The van der Waals surface area contributed by atoms with Gasteiger partial charge in [-0.1, -0.05) is 47.1 Å². The molecular weight excluding hydrogens is 328 g/mol. The Morgan fingerprint density at radius 1 is 1.19 bits per heavy atom. The fraction of sp³-hybridized carbons (Fsp3) is 0.250. The molecule has 0 fully saturated rings. The van der Waals surface area contributed by atoms with Crippen LogP contribution in [0.1, 0.15) is 28.7 Å². The summed E-state index contributed by atoms with van der Waals surface area (Å²) in [5, 5.41) is 18.5. The number of amides is 2. The Hall–Kier alpha value is -3.33. The van der Waals surface area contributed by atoms with E-state index in [1.807, 2.05) is 43.3 Å². The summed E-state index contributed by atoms with van der Waals surface area (Å²) in [4.78, 5) is 17.3. The lowest BCUT2D eigenvalue weighted by Gasteiger charge is -2.11. The number of nitrogens with one attached hydrogen (secondary N) is 2. The maximum atomic E-state index is 11.9. The molecule has 0 saturated heterocycles. The summed E-state index contributed by atoms with van der Waals surface area (Å²) in [6.45, 7) is 2.83. The van der Waals surface area contributed by atoms with Gasteiger partial charge in [-0.2, -0.15) is 5.26 Å². The van der Waals surface area contributed by atoms with E-state index in [9.17, 15) is 4.79 Å². The first kappa shape index (κ1) is 17.5. The molecule has 0 radical (unpaired) electrons. The van der Waals surface area contributed by atoms with Crippen molar-refractivity contribution in [3.05, 3.63) is 70.8 Å². The van der Waals surface area contributed by atoms with E-state index in [1.165, 1.54) is 5.56 Å². The number of carbonyl (C=O) groups is 1. The number of hydrogen-bond donors (Lipinski definition) is 2. The van der Waals surface area contributed by atoms with Crippen molar-refractivity contribution < 1.29 is 9.63 Å². The van der Waals surface area contributed by atoms with Crippen molar-refractivity contribution in [1.29, 1.82) is 5.26 Å². The molecule has 2 aromatic carbocycles. The Kier molecular flexibility index (Phi) is 5.49. The third-order valence-electron chi connectivity index (χ3n) is 4.14. The summed E-state index contributed by atoms with van der Waals surface area (Å²) in [6, 6.07) is 17.0. The summed E-state index contributed by atoms with van der Waals surface area (Å²) in [5.41, 5.74) is 4.67. The normalized spacial score (nSPS) is 15.5. The summed E-state index contributed by atoms with van der Waals surface area (Å²) in [6.07, 6.45) is 0.505. The number of aryl methyl sites for hydroxylation is 1. The first-order valence-corrected chi connectivity index (χ1v) is 8.44. The number of urea groups is 1. The second-order valence-electron chi connectivity index (χ2n) is 6.21. The van der Waals surface area contributed by atoms with E-state index in [4.69, 9.17) is 10.1 Å². The van der Waals surface area contributed by atoms with Crippen molar-refractivity contribution >= 4 is 11.7 Å². The zero-order valence-corrected chi connectivity index (χ0v) is 14.5. The maximum Gasteiger partial charge on any atom is 0.315 e. The molecule has 132 valence electrons. The van der Waals surface area contributed by atoms with E-state index in [0.717, 1.165) is 16.8 Å². The van der Waals surface area contributed by atoms with E-state index in [1.54, 1.807) is 12.1 Å². The number of benzene rings is 2. The van der Waals surface area contributed by atoms with Crippen molar-refractivity contribution in [3.8, 4) is 6.07 Å². The van der Waals surface area contributed by atoms with Gasteiger partial charge in [0.25, 0.3) is 0 Å². The Balaban J connectivity index is 1.40. The molecular formula is C20H20N4O2. The van der Waals surface area contributed by atoms with Crippen molar-refractivity contribution in [1.82, 2.24) is 10.6 Å². The summed E-state index contributed by atoms with van der Waals surface area (Å²) >= 11 is 0. The van der Waals surface area contributed by atoms with Crippen LogP contribution in [0.3, 0.4) is 0 Å². The molecule has 1 heterocycles. The molecule has 0 bridgehead atoms. The van der Waals surface area contributed by atoms with Crippen LogP contribution in [0.2, 0.25) is 0 Å². The van der Waals surface area contributed by atoms with Gasteiger partial charge in [-0.3, -0.25) is 0 Å². The summed E-state index contributed by atoms with van der Waals surface area (Å²) in [5.74, 6) is 0. The Bertz CT molecular complexity index is 836. The third-order valence-corrected chi connectivity index (χ3v) is 4.14. The zero-order valence-electron chi connectivity index (χ0n) is 14.5. The van der Waals surface area contributed by atoms with Crippen molar-refractivity contribution in [2.24, 2.45) is 5.16 Å². The van der Waals surface area contributed by atoms with E-state index in [-0.39, 0.29) is 12.1 Å². The van der Waals surface area contributed by atoms with Gasteiger partial charge in [-0.25, -0.2) is 4.79 Å². The molecule has 0 saturated carbocycles. The number of nitrogens with zero attached hydrogens (tertiary/aromatic N) is 2. The topological polar surface area (TPSA) is 86.5 Å². The minimum atomic E-state index is -0.262. The lowest BCUT2D eigenvalue weighted by molar-refractivity contribution is 0.0865. The molecule has 2 amide bonds. The predicted octanol–water partition coefficient (Wildman–Crippen LogP) is 2.86. The molecule has 26 heavy (non-hydrogen) atoms. The lowest BCUT2D eigenvalue weighted by atomic mass is 10.0. The molecule has 3 rings (SSSR count). The molecule has 0 aliphatic carbocycles. The predicted molar refractivity (Wildman–Crippen MR) is 98.6 cm³/mol. The van der Waals surface area contributed by atoms with E-state index in [0.29, 0.717) is 25.1 Å². The number of carbonyl (C=O) groups excluding carboxylic acids is 1. The van der Waals surface area contributed by atoms with Crippen LogP contribution in [0.4, 0.5) is 4.79 Å². The van der Waals surface area contributed by atoms with Crippen LogP contribution in [0, 0.1) is 18.3 Å². The minimum absolute atomic E-state index is 0.160. The van der Waals surface area contributed by atoms with Gasteiger partial charge >= 0.3 is 6.03 Å². The van der Waals surface area contributed by atoms with Crippen LogP contribution in [-0.4, -0.2) is 24.4 Å². The number of nitriles is 1. The first-order chi connectivity index (χ1) is 12.6. The second kappa shape index (κ2) is 8.17. The molecule has 0 aromatic heterocycles. The standard InChI is InChI=1S/C20H20N4O2/c1-14-2-8-17(9-3-14)19-10-18(26-24-19)13-23-20(25)22-12-16-6-4-15(11-21)5-7-16/h2-9,18H,10,12-13H2,1H3,(H2,22,23,25)/t18-/m1/s1. The molecule has 6 nitrogen and oxygen atoms in total. The van der Waals surface area contributed by atoms with Gasteiger partial charge < -0.3 is 15.5 Å². The lowest BCUT2D eigenvalue weighted by Crippen LogP contribution is -2.39. The van der Waals surface area contributed by atoms with Gasteiger partial charge in [0.15, 0.2) is 6.10 Å². The van der Waals surface area contributed by atoms with Crippen LogP contribution in [-0.2, 0) is 11.4 Å². The second-order valence-corrected chi connectivity index (χ2v) is 6.21. The van der Waals surface area contributed by atoms with Crippen LogP contribution < -0.4 is 10.6 Å². The van der Waals surface area contributed by atoms with Gasteiger partial charge in [0, 0.05) is 13.0 Å². The highest BCUT2D eigenvalue weighted by molar-refractivity contribution is 6.01. The molecule has 2 N–H and O–H groups in total. The van der Waals surface area contributed by atoms with Crippen LogP contribution >= 0.6 is 0 Å². The molecule has 2 aromatic rings. The summed E-state index contributed by atoms with van der Waals surface area (Å²) < 4.78 is 0. The smallest absolute Gasteiger partial charge is 0.315 e. The molecule has 6 heteroatoms. The number of hydrogen-bond acceptors (Lipinski definition) is 4. The van der Waals surface area contributed by atoms with Crippen LogP contribution in [0.5, 0.6) is 0 Å². The minimum Gasteiger partial charge on any atom is -0.390 e. The number of oxime groups is 1. The maximum absolute atomic E-state index is 11.9. The largest absolute Gasteiger partial charge is 0.390 e. The van der Waals surface area contributed by atoms with Crippen LogP contribution in [0.15, 0.2) is 53.7 Å². The van der Waals surface area contributed by atoms with Gasteiger partial charge in [0.1, 0.15) is 0 Å². The zero-order chi connectivity index (χ0) is 18.4. The van der Waals surface area contributed by atoms with Gasteiger partial charge in [-0.05, 0) is 30.2 Å². The fourth-order valence-electron chi connectivity index (χ4n) is 2.60. The average molecular weight is 348 g/mol. The molecule has 1 aliphatic rings. The Labute approximate surface area is 152 Å². The highest BCUT2D eigenvalue weighted by Crippen LogP contribution is 2.16. The first-order valence-electron chi connectivity index (χ1n) is 8.44. The van der Waals surface area contributed by atoms with E-state index < -0.39 is 0 Å². The Morgan fingerprint density at radius 2 is 1.92 bits per heavy atom. The quantitative estimate of drug-likeness (QED) is 0.871. The van der Waals surface area contributed by atoms with E-state index >= 15 is 0 Å². The van der Waals surface area contributed by atoms with Crippen molar-refractivity contribution in [2.75, 3.05) is 6.54 Å². The monoisotopic (exact) mass is 348 g/mol. The van der Waals surface area contributed by atoms with Gasteiger partial charge in [0.2, 0.25) is 0 Å². The van der Waals surface area contributed by atoms with Crippen molar-refractivity contribution in [3.63, 3.8) is 0 Å². The SMILES string of the molecule is Cc1ccc(C2=NO[C@@H](CNC(=O)NCc3ccc(C#N)cc3)C2)cc1. The average Bonchev–Trinajstić information content (AvgIpc) is 3.14. The van der Waals surface area contributed by atoms with Crippen LogP contribution in [0.25, 0.3) is 0 Å². The van der Waals surface area contributed by atoms with Crippen molar-refractivity contribution in [2.45, 2.75) is 26.0 Å². The molecule has 1 atom stereocenters. The summed E-state index contributed by atoms with van der Waals surface area (Å²) in [7, 11) is 0. The third kappa shape index (κ3) is 4.61. The molecule has 0 spiro atoms. The Morgan fingerprint density at radius 3 is 2.62 bits per heavy atom. The highest BCUT2D eigenvalue weighted by atomic mass is 16.6. The molecule has 1 aliphatic heterocycles. The fourth-order valence-corrected chi connectivity index (χ4v) is 2.60. The number of rotatable bonds is 5. The van der Waals surface area contributed by atoms with Gasteiger partial charge in [0.05, 0.1) is 23.9 Å². The highest BCUT2D eigenvalue weighted by Gasteiger charge is 2.22. The van der Waals surface area contributed by atoms with E-state index in [2.05, 4.69) is 21.9 Å².